The van der Waals surface area contributed by atoms with Gasteiger partial charge in [0.25, 0.3) is 0 Å². The van der Waals surface area contributed by atoms with Gasteiger partial charge in [0, 0.05) is 47.4 Å². The third kappa shape index (κ3) is 4.63. The number of carbonyl (C=O) groups excluding carboxylic acids is 2. The zero-order valence-electron chi connectivity index (χ0n) is 15.5. The second-order valence-corrected chi connectivity index (χ2v) is 7.97. The molecule has 1 N–H and O–H groups in total. The van der Waals surface area contributed by atoms with Crippen LogP contribution in [0.4, 0.5) is 11.4 Å². The minimum atomic E-state index is -0.138. The molecule has 0 unspecified atom stereocenters. The fourth-order valence-corrected chi connectivity index (χ4v) is 4.18. The standard InChI is InChI=1S/C21H19ClN4O2S/c22-15-4-1-6-17(12-15)26-11-9-23-21(26)29-14-19(27)24-16-5-2-7-18(13-16)25-10-3-8-20(25)28/h1-2,4-7,9,11-13H,3,8,10,14H2,(H,24,27). The molecule has 0 aliphatic carbocycles. The summed E-state index contributed by atoms with van der Waals surface area (Å²) in [7, 11) is 0. The summed E-state index contributed by atoms with van der Waals surface area (Å²) < 4.78 is 1.89. The van der Waals surface area contributed by atoms with Gasteiger partial charge in [0.2, 0.25) is 11.8 Å². The van der Waals surface area contributed by atoms with Crippen molar-refractivity contribution in [2.24, 2.45) is 0 Å². The number of halogens is 1. The van der Waals surface area contributed by atoms with Crippen LogP contribution >= 0.6 is 23.4 Å². The lowest BCUT2D eigenvalue weighted by Crippen LogP contribution is -2.23. The summed E-state index contributed by atoms with van der Waals surface area (Å²) in [5, 5.41) is 4.24. The quantitative estimate of drug-likeness (QED) is 0.594. The number of hydrogen-bond donors (Lipinski definition) is 1. The van der Waals surface area contributed by atoms with Crippen LogP contribution in [0, 0.1) is 0 Å². The van der Waals surface area contributed by atoms with Gasteiger partial charge < -0.3 is 10.2 Å². The number of benzene rings is 2. The molecule has 0 bridgehead atoms. The number of aromatic nitrogens is 2. The maximum atomic E-state index is 12.4. The van der Waals surface area contributed by atoms with Crippen LogP contribution in [0.15, 0.2) is 66.1 Å². The molecule has 4 rings (SSSR count). The summed E-state index contributed by atoms with van der Waals surface area (Å²) in [5.74, 6) is 0.196. The van der Waals surface area contributed by atoms with E-state index in [2.05, 4.69) is 10.3 Å². The second-order valence-electron chi connectivity index (χ2n) is 6.60. The van der Waals surface area contributed by atoms with Crippen molar-refractivity contribution in [3.05, 3.63) is 65.9 Å². The Morgan fingerprint density at radius 3 is 2.79 bits per heavy atom. The SMILES string of the molecule is O=C(CSc1nccn1-c1cccc(Cl)c1)Nc1cccc(N2CCCC2=O)c1. The van der Waals surface area contributed by atoms with Crippen LogP contribution in [-0.2, 0) is 9.59 Å². The number of imidazole rings is 1. The third-order valence-corrected chi connectivity index (χ3v) is 5.74. The molecule has 1 aromatic heterocycles. The normalized spacial score (nSPS) is 13.7. The Balaban J connectivity index is 1.39. The van der Waals surface area contributed by atoms with Gasteiger partial charge in [-0.15, -0.1) is 0 Å². The molecule has 1 aliphatic heterocycles. The van der Waals surface area contributed by atoms with Gasteiger partial charge in [0.15, 0.2) is 5.16 Å². The first-order valence-corrected chi connectivity index (χ1v) is 10.6. The van der Waals surface area contributed by atoms with Gasteiger partial charge >= 0.3 is 0 Å². The highest BCUT2D eigenvalue weighted by molar-refractivity contribution is 7.99. The van der Waals surface area contributed by atoms with Gasteiger partial charge in [-0.2, -0.15) is 0 Å². The van der Waals surface area contributed by atoms with E-state index in [9.17, 15) is 9.59 Å². The minimum Gasteiger partial charge on any atom is -0.325 e. The first-order valence-electron chi connectivity index (χ1n) is 9.22. The highest BCUT2D eigenvalue weighted by Gasteiger charge is 2.21. The Morgan fingerprint density at radius 2 is 2.00 bits per heavy atom. The van der Waals surface area contributed by atoms with Crippen molar-refractivity contribution in [1.82, 2.24) is 9.55 Å². The summed E-state index contributed by atoms with van der Waals surface area (Å²) in [6.45, 7) is 0.720. The molecule has 6 nitrogen and oxygen atoms in total. The number of anilines is 2. The molecule has 0 saturated carbocycles. The number of hydrogen-bond acceptors (Lipinski definition) is 4. The van der Waals surface area contributed by atoms with Crippen LogP contribution in [0.1, 0.15) is 12.8 Å². The van der Waals surface area contributed by atoms with Crippen LogP contribution in [0.25, 0.3) is 5.69 Å². The van der Waals surface area contributed by atoms with Crippen molar-refractivity contribution >= 4 is 46.6 Å². The zero-order valence-corrected chi connectivity index (χ0v) is 17.1. The van der Waals surface area contributed by atoms with Crippen molar-refractivity contribution in [3.63, 3.8) is 0 Å². The van der Waals surface area contributed by atoms with Crippen molar-refractivity contribution < 1.29 is 9.59 Å². The van der Waals surface area contributed by atoms with E-state index in [0.29, 0.717) is 22.3 Å². The predicted octanol–water partition coefficient (Wildman–Crippen LogP) is 4.38. The molecule has 2 aromatic carbocycles. The molecule has 8 heteroatoms. The summed E-state index contributed by atoms with van der Waals surface area (Å²) in [6.07, 6.45) is 4.97. The monoisotopic (exact) mass is 426 g/mol. The Morgan fingerprint density at radius 1 is 1.17 bits per heavy atom. The molecule has 0 radical (unpaired) electrons. The molecule has 1 saturated heterocycles. The Bertz CT molecular complexity index is 1050. The summed E-state index contributed by atoms with van der Waals surface area (Å²) in [6, 6.07) is 14.8. The summed E-state index contributed by atoms with van der Waals surface area (Å²) in [5.41, 5.74) is 2.38. The Kier molecular flexibility index (Phi) is 5.87. The summed E-state index contributed by atoms with van der Waals surface area (Å²) in [4.78, 5) is 30.5. The van der Waals surface area contributed by atoms with Gasteiger partial charge in [-0.05, 0) is 42.8 Å². The lowest BCUT2D eigenvalue weighted by atomic mass is 10.2. The molecule has 2 amide bonds. The van der Waals surface area contributed by atoms with Crippen LogP contribution < -0.4 is 10.2 Å². The number of rotatable bonds is 6. The summed E-state index contributed by atoms with van der Waals surface area (Å²) >= 11 is 7.42. The highest BCUT2D eigenvalue weighted by atomic mass is 35.5. The number of nitrogens with one attached hydrogen (secondary N) is 1. The molecule has 29 heavy (non-hydrogen) atoms. The molecule has 1 fully saturated rings. The van der Waals surface area contributed by atoms with E-state index in [1.807, 2.05) is 59.3 Å². The van der Waals surface area contributed by atoms with E-state index in [1.54, 1.807) is 11.1 Å². The maximum Gasteiger partial charge on any atom is 0.234 e. The van der Waals surface area contributed by atoms with Gasteiger partial charge in [-0.1, -0.05) is 35.5 Å². The fourth-order valence-electron chi connectivity index (χ4n) is 3.22. The van der Waals surface area contributed by atoms with Crippen LogP contribution in [0.5, 0.6) is 0 Å². The third-order valence-electron chi connectivity index (χ3n) is 4.54. The first kappa shape index (κ1) is 19.5. The maximum absolute atomic E-state index is 12.4. The largest absolute Gasteiger partial charge is 0.325 e. The second kappa shape index (κ2) is 8.71. The Labute approximate surface area is 177 Å². The number of thioether (sulfide) groups is 1. The number of amides is 2. The van der Waals surface area contributed by atoms with Gasteiger partial charge in [0.05, 0.1) is 5.75 Å². The molecular weight excluding hydrogens is 408 g/mol. The van der Waals surface area contributed by atoms with E-state index < -0.39 is 0 Å². The fraction of sp³-hybridized carbons (Fsp3) is 0.190. The van der Waals surface area contributed by atoms with Crippen molar-refractivity contribution in [2.75, 3.05) is 22.5 Å². The smallest absolute Gasteiger partial charge is 0.234 e. The lowest BCUT2D eigenvalue weighted by Gasteiger charge is -2.16. The molecule has 1 aliphatic rings. The van der Waals surface area contributed by atoms with Crippen LogP contribution in [-0.4, -0.2) is 33.7 Å². The van der Waals surface area contributed by atoms with E-state index in [-0.39, 0.29) is 17.6 Å². The number of carbonyl (C=O) groups is 2. The van der Waals surface area contributed by atoms with Crippen molar-refractivity contribution in [2.45, 2.75) is 18.0 Å². The highest BCUT2D eigenvalue weighted by Crippen LogP contribution is 2.25. The molecule has 3 aromatic rings. The van der Waals surface area contributed by atoms with Gasteiger partial charge in [-0.3, -0.25) is 14.2 Å². The average molecular weight is 427 g/mol. The lowest BCUT2D eigenvalue weighted by molar-refractivity contribution is -0.117. The van der Waals surface area contributed by atoms with E-state index in [4.69, 9.17) is 11.6 Å². The van der Waals surface area contributed by atoms with E-state index in [1.165, 1.54) is 11.8 Å². The topological polar surface area (TPSA) is 67.2 Å². The minimum absolute atomic E-state index is 0.122. The van der Waals surface area contributed by atoms with E-state index in [0.717, 1.165) is 24.3 Å². The van der Waals surface area contributed by atoms with E-state index >= 15 is 0 Å². The predicted molar refractivity (Wildman–Crippen MR) is 116 cm³/mol. The van der Waals surface area contributed by atoms with Crippen LogP contribution in [0.3, 0.4) is 0 Å². The van der Waals surface area contributed by atoms with Crippen molar-refractivity contribution in [3.8, 4) is 5.69 Å². The van der Waals surface area contributed by atoms with Crippen molar-refractivity contribution in [1.29, 1.82) is 0 Å². The van der Waals surface area contributed by atoms with Gasteiger partial charge in [-0.25, -0.2) is 4.98 Å². The van der Waals surface area contributed by atoms with Gasteiger partial charge in [0.1, 0.15) is 0 Å². The molecule has 0 atom stereocenters. The average Bonchev–Trinajstić information content (AvgIpc) is 3.35. The zero-order chi connectivity index (χ0) is 20.2. The molecule has 148 valence electrons. The number of nitrogens with zero attached hydrogens (tertiary/aromatic N) is 3. The Hall–Kier alpha value is -2.77. The first-order chi connectivity index (χ1) is 14.1. The molecular formula is C21H19ClN4O2S. The molecule has 0 spiro atoms. The van der Waals surface area contributed by atoms with Crippen LogP contribution in [0.2, 0.25) is 5.02 Å². The molecule has 2 heterocycles.